The SMILES string of the molecule is CC(=O)OC[C@@H]1O[C@@H](O[C@H]2[C@H](OC(C)=O)[C@@H](O[C@@H]3O[C@@H](C)[C@H](OC(C)=O)[C@@H](OC(C)=O)[C@H]3OC(C)=O)[C@H](O[C@H]3CC[C@@]4(C)C(=CC[C@@H]5[C@@H]4CC[C@@]4(C)[C@H]5C[C@@H]5O[C@]6(CC[C@@H](C)CO6)[C@@H](C)[C@@]54O)C3)O[C@@H]2COC(C)=O)[C@H](OC(C)=O)[C@H]1OC(C)=O. The van der Waals surface area contributed by atoms with Crippen molar-refractivity contribution in [2.75, 3.05) is 19.8 Å². The minimum absolute atomic E-state index is 0.194. The second kappa shape index (κ2) is 25.3. The number of hydrogen-bond donors (Lipinski definition) is 1. The fourth-order valence-electron chi connectivity index (χ4n) is 16.0. The standard InChI is InChI=1S/C60H86O25/c1-27-16-21-59(72-24-27)29(3)60(69)45(85-59)23-42-40-15-14-38-22-39(17-19-57(38,12)41(40)18-20-58(42,60)13)80-55-53(84-54-52(79-37(11)68)49(76-34(8)65)46(28(2)73-54)74-32(6)63)50(77-35(9)66)47(43(81-55)25-70-30(4)61)83-56-51(78-36(10)67)48(75-33(7)64)44(82-56)26-71-31(5)62/h14,27-29,39-56,69H,15-26H2,1-13H3/t27-,28+,29-,39+,40-,41+,42+,43-,44+,45+,46+,47-,48+,49-,50+,51-,52-,53-,54+,55-,56+,57+,58+,59-,60-/m1/s1. The van der Waals surface area contributed by atoms with Gasteiger partial charge in [-0.3, -0.25) is 38.4 Å². The summed E-state index contributed by atoms with van der Waals surface area (Å²) < 4.78 is 98.7. The number of aliphatic hydroxyl groups is 1. The summed E-state index contributed by atoms with van der Waals surface area (Å²) in [5, 5.41) is 13.0. The van der Waals surface area contributed by atoms with E-state index in [2.05, 4.69) is 33.8 Å². The lowest BCUT2D eigenvalue weighted by atomic mass is 9.46. The van der Waals surface area contributed by atoms with Crippen LogP contribution < -0.4 is 0 Å². The number of fused-ring (bicyclic) bond motifs is 7. The number of carbonyl (C=O) groups excluding carboxylic acids is 8. The minimum Gasteiger partial charge on any atom is -0.463 e. The molecule has 3 saturated carbocycles. The summed E-state index contributed by atoms with van der Waals surface area (Å²) in [5.41, 5.74) is -0.535. The molecular formula is C60H86O25. The van der Waals surface area contributed by atoms with Crippen molar-refractivity contribution in [3.63, 3.8) is 0 Å². The van der Waals surface area contributed by atoms with Gasteiger partial charge >= 0.3 is 47.8 Å². The van der Waals surface area contributed by atoms with Crippen LogP contribution in [0.25, 0.3) is 0 Å². The Hall–Kier alpha value is -4.86. The molecule has 8 fully saturated rings. The highest BCUT2D eigenvalue weighted by Crippen LogP contribution is 2.72. The molecule has 25 nitrogen and oxygen atoms in total. The average Bonchev–Trinajstić information content (AvgIpc) is 1.54. The Labute approximate surface area is 494 Å². The normalized spacial score (nSPS) is 44.4. The van der Waals surface area contributed by atoms with E-state index in [0.717, 1.165) is 93.9 Å². The van der Waals surface area contributed by atoms with Gasteiger partial charge in [-0.05, 0) is 87.4 Å². The highest BCUT2D eigenvalue weighted by molar-refractivity contribution is 5.69. The van der Waals surface area contributed by atoms with Crippen molar-refractivity contribution in [2.24, 2.45) is 40.4 Å². The van der Waals surface area contributed by atoms with Crippen molar-refractivity contribution < 1.29 is 119 Å². The third-order valence-electron chi connectivity index (χ3n) is 19.8. The molecule has 5 heterocycles. The summed E-state index contributed by atoms with van der Waals surface area (Å²) in [7, 11) is 0. The first-order chi connectivity index (χ1) is 40.0. The number of esters is 8. The van der Waals surface area contributed by atoms with Crippen LogP contribution in [0.2, 0.25) is 0 Å². The highest BCUT2D eigenvalue weighted by Gasteiger charge is 2.76. The zero-order chi connectivity index (χ0) is 61.8. The predicted octanol–water partition coefficient (Wildman–Crippen LogP) is 4.53. The molecule has 476 valence electrons. The largest absolute Gasteiger partial charge is 0.463 e. The van der Waals surface area contributed by atoms with Crippen molar-refractivity contribution in [1.82, 2.24) is 0 Å². The number of carbonyl (C=O) groups is 8. The Balaban J connectivity index is 1.06. The van der Waals surface area contributed by atoms with E-state index in [1.54, 1.807) is 0 Å². The Morgan fingerprint density at radius 1 is 0.553 bits per heavy atom. The molecule has 0 unspecified atom stereocenters. The fraction of sp³-hybridized carbons (Fsp3) is 0.833. The molecule has 5 saturated heterocycles. The minimum atomic E-state index is -1.74. The summed E-state index contributed by atoms with van der Waals surface area (Å²) in [4.78, 5) is 102. The molecule has 25 heteroatoms. The topological polar surface area (TPSA) is 304 Å². The zero-order valence-corrected chi connectivity index (χ0v) is 50.9. The van der Waals surface area contributed by atoms with E-state index in [1.807, 2.05) is 0 Å². The van der Waals surface area contributed by atoms with E-state index in [-0.39, 0.29) is 35.2 Å². The summed E-state index contributed by atoms with van der Waals surface area (Å²) >= 11 is 0. The van der Waals surface area contributed by atoms with Crippen molar-refractivity contribution in [1.29, 1.82) is 0 Å². The van der Waals surface area contributed by atoms with E-state index in [9.17, 15) is 43.5 Å². The molecule has 9 rings (SSSR count). The third kappa shape index (κ3) is 12.8. The summed E-state index contributed by atoms with van der Waals surface area (Å²) in [6, 6.07) is 0. The van der Waals surface area contributed by atoms with Gasteiger partial charge in [-0.2, -0.15) is 0 Å². The van der Waals surface area contributed by atoms with E-state index >= 15 is 0 Å². The lowest BCUT2D eigenvalue weighted by Gasteiger charge is -2.60. The van der Waals surface area contributed by atoms with Gasteiger partial charge in [-0.15, -0.1) is 0 Å². The van der Waals surface area contributed by atoms with Gasteiger partial charge in [0.15, 0.2) is 67.4 Å². The van der Waals surface area contributed by atoms with Gasteiger partial charge in [-0.25, -0.2) is 0 Å². The smallest absolute Gasteiger partial charge is 0.303 e. The number of hydrogen-bond acceptors (Lipinski definition) is 25. The van der Waals surface area contributed by atoms with E-state index in [4.69, 9.17) is 75.8 Å². The van der Waals surface area contributed by atoms with E-state index in [1.165, 1.54) is 12.5 Å². The van der Waals surface area contributed by atoms with Gasteiger partial charge in [0.25, 0.3) is 0 Å². The molecule has 25 atom stereocenters. The first-order valence-corrected chi connectivity index (χ1v) is 29.9. The fourth-order valence-corrected chi connectivity index (χ4v) is 16.0. The molecule has 1 spiro atoms. The summed E-state index contributed by atoms with van der Waals surface area (Å²) in [6.45, 7) is 18.8. The molecule has 0 amide bonds. The Bertz CT molecular complexity index is 2560. The molecule has 0 bridgehead atoms. The maximum atomic E-state index is 13.6. The molecule has 4 aliphatic carbocycles. The van der Waals surface area contributed by atoms with Crippen LogP contribution in [0.5, 0.6) is 0 Å². The molecule has 1 N–H and O–H groups in total. The molecular weight excluding hydrogens is 1120 g/mol. The summed E-state index contributed by atoms with van der Waals surface area (Å²) in [5.74, 6) is -6.37. The van der Waals surface area contributed by atoms with Crippen molar-refractivity contribution >= 4 is 47.8 Å². The van der Waals surface area contributed by atoms with Crippen LogP contribution in [0.3, 0.4) is 0 Å². The van der Waals surface area contributed by atoms with E-state index < -0.39 is 170 Å². The van der Waals surface area contributed by atoms with Gasteiger partial charge < -0.3 is 80.9 Å². The second-order valence-corrected chi connectivity index (χ2v) is 25.4. The zero-order valence-electron chi connectivity index (χ0n) is 50.9. The monoisotopic (exact) mass is 1210 g/mol. The number of allylic oxidation sites excluding steroid dienone is 1. The predicted molar refractivity (Wildman–Crippen MR) is 286 cm³/mol. The third-order valence-corrected chi connectivity index (χ3v) is 19.8. The molecule has 0 aromatic carbocycles. The Kier molecular flexibility index (Phi) is 19.2. The van der Waals surface area contributed by atoms with Crippen LogP contribution in [-0.4, -0.2) is 182 Å². The van der Waals surface area contributed by atoms with E-state index in [0.29, 0.717) is 31.8 Å². The van der Waals surface area contributed by atoms with Crippen LogP contribution >= 0.6 is 0 Å². The molecule has 85 heavy (non-hydrogen) atoms. The second-order valence-electron chi connectivity index (χ2n) is 25.4. The van der Waals surface area contributed by atoms with Crippen molar-refractivity contribution in [3.8, 4) is 0 Å². The first-order valence-electron chi connectivity index (χ1n) is 29.9. The van der Waals surface area contributed by atoms with Crippen LogP contribution in [0.15, 0.2) is 11.6 Å². The molecule has 0 aromatic rings. The van der Waals surface area contributed by atoms with Crippen molar-refractivity contribution in [2.45, 2.75) is 257 Å². The van der Waals surface area contributed by atoms with Gasteiger partial charge in [0, 0.05) is 73.1 Å². The molecule has 9 aliphatic rings. The van der Waals surface area contributed by atoms with Crippen LogP contribution in [-0.2, 0) is 114 Å². The lowest BCUT2D eigenvalue weighted by Crippen LogP contribution is -2.67. The van der Waals surface area contributed by atoms with Gasteiger partial charge in [0.05, 0.1) is 24.9 Å². The van der Waals surface area contributed by atoms with Gasteiger partial charge in [-0.1, -0.05) is 39.3 Å². The van der Waals surface area contributed by atoms with Crippen LogP contribution in [0.1, 0.15) is 148 Å². The lowest BCUT2D eigenvalue weighted by molar-refractivity contribution is -0.380. The average molecular weight is 1210 g/mol. The molecule has 0 aromatic heterocycles. The van der Waals surface area contributed by atoms with Crippen molar-refractivity contribution in [3.05, 3.63) is 11.6 Å². The van der Waals surface area contributed by atoms with Gasteiger partial charge in [0.1, 0.15) is 37.1 Å². The van der Waals surface area contributed by atoms with Crippen LogP contribution in [0.4, 0.5) is 0 Å². The van der Waals surface area contributed by atoms with Gasteiger partial charge in [0.2, 0.25) is 0 Å². The summed E-state index contributed by atoms with van der Waals surface area (Å²) in [6.07, 6.45) is -13.6. The Morgan fingerprint density at radius 3 is 1.62 bits per heavy atom. The first kappa shape index (κ1) is 64.6. The maximum absolute atomic E-state index is 13.6. The van der Waals surface area contributed by atoms with Crippen LogP contribution in [0, 0.1) is 40.4 Å². The number of rotatable bonds is 16. The Morgan fingerprint density at radius 2 is 1.06 bits per heavy atom. The maximum Gasteiger partial charge on any atom is 0.303 e. The molecule has 0 radical (unpaired) electrons. The molecule has 5 aliphatic heterocycles. The number of ether oxygens (including phenoxy) is 16. The highest BCUT2D eigenvalue weighted by atomic mass is 16.8. The quantitative estimate of drug-likeness (QED) is 0.126.